The van der Waals surface area contributed by atoms with Gasteiger partial charge in [-0.15, -0.1) is 0 Å². The average Bonchev–Trinajstić information content (AvgIpc) is 3.21. The molecule has 0 fully saturated rings. The zero-order chi connectivity index (χ0) is 19.9. The monoisotopic (exact) mass is 382 g/mol. The molecule has 1 aromatic heterocycles. The molecule has 0 aliphatic rings. The van der Waals surface area contributed by atoms with Gasteiger partial charge in [-0.3, -0.25) is 4.79 Å². The molecule has 0 radical (unpaired) electrons. The zero-order valence-electron chi connectivity index (χ0n) is 16.0. The van der Waals surface area contributed by atoms with E-state index in [9.17, 15) is 4.79 Å². The molecular formula is C20H22N4O4. The van der Waals surface area contributed by atoms with Crippen LogP contribution in [-0.4, -0.2) is 42.0 Å². The van der Waals surface area contributed by atoms with Crippen LogP contribution in [0, 0.1) is 0 Å². The van der Waals surface area contributed by atoms with Gasteiger partial charge in [0, 0.05) is 5.69 Å². The van der Waals surface area contributed by atoms with Gasteiger partial charge in [-0.1, -0.05) is 12.1 Å². The van der Waals surface area contributed by atoms with Crippen LogP contribution in [0.4, 0.5) is 5.69 Å². The molecule has 28 heavy (non-hydrogen) atoms. The van der Waals surface area contributed by atoms with Gasteiger partial charge < -0.3 is 19.5 Å². The fraction of sp³-hybridized carbons (Fsp3) is 0.250. The maximum absolute atomic E-state index is 12.4. The maximum atomic E-state index is 12.4. The van der Waals surface area contributed by atoms with E-state index in [1.54, 1.807) is 44.5 Å². The molecule has 0 aliphatic carbocycles. The predicted molar refractivity (Wildman–Crippen MR) is 104 cm³/mol. The minimum absolute atomic E-state index is 0.140. The molecule has 0 atom stereocenters. The van der Waals surface area contributed by atoms with Crippen LogP contribution in [-0.2, 0) is 17.8 Å². The summed E-state index contributed by atoms with van der Waals surface area (Å²) >= 11 is 0. The number of amides is 1. The largest absolute Gasteiger partial charge is 0.493 e. The normalized spacial score (nSPS) is 10.4. The number of benzene rings is 2. The van der Waals surface area contributed by atoms with Gasteiger partial charge in [-0.25, -0.2) is 9.67 Å². The van der Waals surface area contributed by atoms with E-state index in [1.807, 2.05) is 24.3 Å². The van der Waals surface area contributed by atoms with E-state index >= 15 is 0 Å². The van der Waals surface area contributed by atoms with Crippen LogP contribution < -0.4 is 19.5 Å². The van der Waals surface area contributed by atoms with Crippen molar-refractivity contribution in [2.24, 2.45) is 0 Å². The summed E-state index contributed by atoms with van der Waals surface area (Å²) in [5.74, 6) is 1.39. The molecule has 146 valence electrons. The minimum atomic E-state index is -0.140. The first-order valence-electron chi connectivity index (χ1n) is 8.63. The number of ether oxygens (including phenoxy) is 3. The number of anilines is 1. The Morgan fingerprint density at radius 2 is 1.68 bits per heavy atom. The highest BCUT2D eigenvalue weighted by atomic mass is 16.5. The van der Waals surface area contributed by atoms with Crippen molar-refractivity contribution >= 4 is 11.6 Å². The van der Waals surface area contributed by atoms with E-state index in [1.165, 1.54) is 6.33 Å². The van der Waals surface area contributed by atoms with Gasteiger partial charge >= 0.3 is 0 Å². The minimum Gasteiger partial charge on any atom is -0.493 e. The Bertz CT molecular complexity index is 899. The molecule has 3 aromatic rings. The molecule has 0 bridgehead atoms. The Labute approximate surface area is 163 Å². The molecule has 8 nitrogen and oxygen atoms in total. The average molecular weight is 382 g/mol. The van der Waals surface area contributed by atoms with Gasteiger partial charge in [0.05, 0.1) is 34.3 Å². The van der Waals surface area contributed by atoms with Crippen molar-refractivity contribution in [1.82, 2.24) is 14.8 Å². The summed E-state index contributed by atoms with van der Waals surface area (Å²) in [7, 11) is 4.63. The Balaban J connectivity index is 1.65. The lowest BCUT2D eigenvalue weighted by atomic mass is 10.1. The van der Waals surface area contributed by atoms with Crippen LogP contribution in [0.15, 0.2) is 49.1 Å². The smallest absolute Gasteiger partial charge is 0.228 e. The van der Waals surface area contributed by atoms with Gasteiger partial charge in [0.1, 0.15) is 12.7 Å². The number of nitrogens with zero attached hydrogens (tertiary/aromatic N) is 3. The van der Waals surface area contributed by atoms with Crippen LogP contribution in [0.2, 0.25) is 0 Å². The van der Waals surface area contributed by atoms with Crippen molar-refractivity contribution in [3.05, 3.63) is 60.2 Å². The van der Waals surface area contributed by atoms with E-state index < -0.39 is 0 Å². The second kappa shape index (κ2) is 8.90. The molecule has 3 rings (SSSR count). The fourth-order valence-corrected chi connectivity index (χ4v) is 2.82. The van der Waals surface area contributed by atoms with Gasteiger partial charge in [0.25, 0.3) is 0 Å². The highest BCUT2D eigenvalue weighted by Gasteiger charge is 2.15. The Kier molecular flexibility index (Phi) is 6.11. The van der Waals surface area contributed by atoms with Gasteiger partial charge in [0.15, 0.2) is 11.5 Å². The number of carbonyl (C=O) groups is 1. The number of methoxy groups -OCH3 is 3. The Morgan fingerprint density at radius 3 is 2.21 bits per heavy atom. The molecular weight excluding hydrogens is 360 g/mol. The quantitative estimate of drug-likeness (QED) is 0.644. The third kappa shape index (κ3) is 4.59. The predicted octanol–water partition coefficient (Wildman–Crippen LogP) is 2.53. The van der Waals surface area contributed by atoms with Crippen LogP contribution in [0.5, 0.6) is 17.2 Å². The number of rotatable bonds is 8. The molecule has 1 amide bonds. The maximum Gasteiger partial charge on any atom is 0.228 e. The summed E-state index contributed by atoms with van der Waals surface area (Å²) < 4.78 is 17.7. The lowest BCUT2D eigenvalue weighted by molar-refractivity contribution is -0.115. The number of hydrogen-bond acceptors (Lipinski definition) is 6. The standard InChI is InChI=1S/C20H22N4O4/c1-26-17-8-15(9-18(27-2)20(17)28-3)10-19(25)23-16-6-4-14(5-7-16)11-24-13-21-12-22-24/h4-9,12-13H,10-11H2,1-3H3,(H,23,25). The van der Waals surface area contributed by atoms with Gasteiger partial charge in [0.2, 0.25) is 11.7 Å². The SMILES string of the molecule is COc1cc(CC(=O)Nc2ccc(Cn3cncn3)cc2)cc(OC)c1OC. The van der Waals surface area contributed by atoms with Crippen LogP contribution in [0.3, 0.4) is 0 Å². The van der Waals surface area contributed by atoms with E-state index in [-0.39, 0.29) is 12.3 Å². The van der Waals surface area contributed by atoms with Crippen molar-refractivity contribution < 1.29 is 19.0 Å². The zero-order valence-corrected chi connectivity index (χ0v) is 16.0. The molecule has 0 saturated heterocycles. The first-order chi connectivity index (χ1) is 13.6. The first-order valence-corrected chi connectivity index (χ1v) is 8.63. The van der Waals surface area contributed by atoms with Crippen molar-refractivity contribution in [1.29, 1.82) is 0 Å². The van der Waals surface area contributed by atoms with E-state index in [2.05, 4.69) is 15.4 Å². The summed E-state index contributed by atoms with van der Waals surface area (Å²) in [5, 5.41) is 6.97. The molecule has 0 spiro atoms. The third-order valence-corrected chi connectivity index (χ3v) is 4.14. The lowest BCUT2D eigenvalue weighted by Gasteiger charge is -2.14. The molecule has 8 heteroatoms. The summed E-state index contributed by atoms with van der Waals surface area (Å²) in [6, 6.07) is 11.1. The summed E-state index contributed by atoms with van der Waals surface area (Å²) in [4.78, 5) is 16.4. The molecule has 0 aliphatic heterocycles. The van der Waals surface area contributed by atoms with E-state index in [4.69, 9.17) is 14.2 Å². The second-order valence-corrected chi connectivity index (χ2v) is 6.05. The molecule has 2 aromatic carbocycles. The van der Waals surface area contributed by atoms with Crippen molar-refractivity contribution in [2.75, 3.05) is 26.6 Å². The number of hydrogen-bond donors (Lipinski definition) is 1. The van der Waals surface area contributed by atoms with Crippen LogP contribution in [0.25, 0.3) is 0 Å². The van der Waals surface area contributed by atoms with Crippen LogP contribution >= 0.6 is 0 Å². The molecule has 1 heterocycles. The highest BCUT2D eigenvalue weighted by molar-refractivity contribution is 5.92. The third-order valence-electron chi connectivity index (χ3n) is 4.14. The van der Waals surface area contributed by atoms with Crippen LogP contribution in [0.1, 0.15) is 11.1 Å². The van der Waals surface area contributed by atoms with E-state index in [0.29, 0.717) is 23.8 Å². The fourth-order valence-electron chi connectivity index (χ4n) is 2.82. The second-order valence-electron chi connectivity index (χ2n) is 6.05. The summed E-state index contributed by atoms with van der Waals surface area (Å²) in [5.41, 5.74) is 2.54. The van der Waals surface area contributed by atoms with Gasteiger partial charge in [-0.05, 0) is 35.4 Å². The number of carbonyl (C=O) groups excluding carboxylic acids is 1. The Hall–Kier alpha value is -3.55. The number of aromatic nitrogens is 3. The molecule has 1 N–H and O–H groups in total. The van der Waals surface area contributed by atoms with Crippen molar-refractivity contribution in [3.63, 3.8) is 0 Å². The van der Waals surface area contributed by atoms with Crippen molar-refractivity contribution in [2.45, 2.75) is 13.0 Å². The Morgan fingerprint density at radius 1 is 1.00 bits per heavy atom. The summed E-state index contributed by atoms with van der Waals surface area (Å²) in [6.45, 7) is 0.625. The highest BCUT2D eigenvalue weighted by Crippen LogP contribution is 2.38. The first kappa shape index (κ1) is 19.2. The van der Waals surface area contributed by atoms with Gasteiger partial charge in [-0.2, -0.15) is 5.10 Å². The van der Waals surface area contributed by atoms with Crippen molar-refractivity contribution in [3.8, 4) is 17.2 Å². The number of nitrogens with one attached hydrogen (secondary N) is 1. The summed E-state index contributed by atoms with van der Waals surface area (Å²) in [6.07, 6.45) is 3.34. The van der Waals surface area contributed by atoms with E-state index in [0.717, 1.165) is 16.8 Å². The lowest BCUT2D eigenvalue weighted by Crippen LogP contribution is -2.14. The molecule has 0 unspecified atom stereocenters. The molecule has 0 saturated carbocycles. The topological polar surface area (TPSA) is 87.5 Å².